The molecule has 1 aliphatic carbocycles. The van der Waals surface area contributed by atoms with Crippen molar-refractivity contribution in [3.63, 3.8) is 0 Å². The Morgan fingerprint density at radius 1 is 1.32 bits per heavy atom. The number of hydrogen-bond acceptors (Lipinski definition) is 3. The molecule has 100 valence electrons. The lowest BCUT2D eigenvalue weighted by Gasteiger charge is -2.25. The van der Waals surface area contributed by atoms with Crippen LogP contribution in [0.5, 0.6) is 0 Å². The monoisotopic (exact) mass is 277 g/mol. The van der Waals surface area contributed by atoms with Crippen molar-refractivity contribution in [1.82, 2.24) is 5.32 Å². The van der Waals surface area contributed by atoms with Gasteiger partial charge in [-0.25, -0.2) is 4.79 Å². The zero-order chi connectivity index (χ0) is 13.5. The van der Waals surface area contributed by atoms with E-state index < -0.39 is 11.5 Å². The number of rotatable bonds is 3. The van der Waals surface area contributed by atoms with E-state index in [1.165, 1.54) is 5.56 Å². The first-order valence-electron chi connectivity index (χ1n) is 6.37. The molecule has 1 heterocycles. The van der Waals surface area contributed by atoms with Crippen LogP contribution >= 0.6 is 11.8 Å². The van der Waals surface area contributed by atoms with Gasteiger partial charge in [-0.3, -0.25) is 4.79 Å². The minimum Gasteiger partial charge on any atom is -0.480 e. The third-order valence-electron chi connectivity index (χ3n) is 3.75. The Bertz CT molecular complexity index is 539. The Morgan fingerprint density at radius 2 is 2.05 bits per heavy atom. The van der Waals surface area contributed by atoms with Crippen molar-refractivity contribution in [1.29, 1.82) is 0 Å². The van der Waals surface area contributed by atoms with Crippen LogP contribution in [0.4, 0.5) is 0 Å². The van der Waals surface area contributed by atoms with Gasteiger partial charge in [0.15, 0.2) is 0 Å². The third kappa shape index (κ3) is 2.23. The van der Waals surface area contributed by atoms with E-state index >= 15 is 0 Å². The molecule has 0 saturated heterocycles. The second kappa shape index (κ2) is 4.56. The summed E-state index contributed by atoms with van der Waals surface area (Å²) in [6.45, 7) is 0. The first-order valence-corrected chi connectivity index (χ1v) is 7.42. The van der Waals surface area contributed by atoms with E-state index in [2.05, 4.69) is 5.32 Å². The summed E-state index contributed by atoms with van der Waals surface area (Å²) in [7, 11) is 0. The van der Waals surface area contributed by atoms with Gasteiger partial charge in [-0.15, -0.1) is 11.8 Å². The van der Waals surface area contributed by atoms with Gasteiger partial charge in [0.25, 0.3) is 0 Å². The molecule has 1 aromatic rings. The summed E-state index contributed by atoms with van der Waals surface area (Å²) in [6.07, 6.45) is 2.04. The Balaban J connectivity index is 1.80. The average Bonchev–Trinajstić information content (AvgIpc) is 3.19. The van der Waals surface area contributed by atoms with Crippen LogP contribution in [-0.2, 0) is 16.0 Å². The summed E-state index contributed by atoms with van der Waals surface area (Å²) in [5, 5.41) is 11.6. The molecule has 0 unspecified atom stereocenters. The molecule has 4 nitrogen and oxygen atoms in total. The molecule has 1 aromatic carbocycles. The predicted octanol–water partition coefficient (Wildman–Crippen LogP) is 1.75. The molecule has 1 aliphatic heterocycles. The molecule has 0 spiro atoms. The first-order chi connectivity index (χ1) is 9.12. The predicted molar refractivity (Wildman–Crippen MR) is 73.1 cm³/mol. The highest BCUT2D eigenvalue weighted by Gasteiger charge is 2.52. The van der Waals surface area contributed by atoms with Gasteiger partial charge in [-0.1, -0.05) is 24.3 Å². The number of aliphatic carboxylic acids is 1. The molecule has 1 fully saturated rings. The van der Waals surface area contributed by atoms with E-state index in [1.807, 2.05) is 24.3 Å². The van der Waals surface area contributed by atoms with Crippen molar-refractivity contribution < 1.29 is 14.7 Å². The Hall–Kier alpha value is -1.49. The molecule has 5 heteroatoms. The maximum absolute atomic E-state index is 12.3. The number of carboxylic acids is 1. The van der Waals surface area contributed by atoms with Crippen molar-refractivity contribution in [3.05, 3.63) is 35.4 Å². The molecule has 1 amide bonds. The number of benzene rings is 1. The fraction of sp³-hybridized carbons (Fsp3) is 0.429. The summed E-state index contributed by atoms with van der Waals surface area (Å²) in [6, 6.07) is 7.91. The molecule has 2 aliphatic rings. The first kappa shape index (κ1) is 12.5. The summed E-state index contributed by atoms with van der Waals surface area (Å²) >= 11 is 1.59. The summed E-state index contributed by atoms with van der Waals surface area (Å²) < 4.78 is 0. The third-order valence-corrected chi connectivity index (χ3v) is 4.99. The number of amides is 1. The van der Waals surface area contributed by atoms with Gasteiger partial charge in [0.2, 0.25) is 5.91 Å². The molecular weight excluding hydrogens is 262 g/mol. The van der Waals surface area contributed by atoms with Crippen molar-refractivity contribution >= 4 is 23.6 Å². The maximum Gasteiger partial charge on any atom is 0.329 e. The number of thioether (sulfide) groups is 1. The van der Waals surface area contributed by atoms with Crippen LogP contribution in [0.1, 0.15) is 29.2 Å². The van der Waals surface area contributed by atoms with Crippen LogP contribution < -0.4 is 5.32 Å². The van der Waals surface area contributed by atoms with Gasteiger partial charge in [0, 0.05) is 0 Å². The van der Waals surface area contributed by atoms with Crippen LogP contribution in [0.3, 0.4) is 0 Å². The summed E-state index contributed by atoms with van der Waals surface area (Å²) in [5.74, 6) is -0.193. The Kier molecular flexibility index (Phi) is 3.01. The van der Waals surface area contributed by atoms with Gasteiger partial charge < -0.3 is 10.4 Å². The topological polar surface area (TPSA) is 66.4 Å². The van der Waals surface area contributed by atoms with Crippen LogP contribution in [-0.4, -0.2) is 28.3 Å². The molecule has 0 bridgehead atoms. The number of fused-ring (bicyclic) bond motifs is 1. The van der Waals surface area contributed by atoms with Crippen molar-refractivity contribution in [2.45, 2.75) is 30.1 Å². The van der Waals surface area contributed by atoms with Crippen LogP contribution in [0.25, 0.3) is 0 Å². The Morgan fingerprint density at radius 3 is 2.74 bits per heavy atom. The Labute approximate surface area is 115 Å². The lowest BCUT2D eigenvalue weighted by atomic mass is 10.0. The number of nitrogens with one attached hydrogen (secondary N) is 1. The number of hydrogen-bond donors (Lipinski definition) is 2. The van der Waals surface area contributed by atoms with Gasteiger partial charge in [0.05, 0.1) is 0 Å². The lowest BCUT2D eigenvalue weighted by Crippen LogP contribution is -2.45. The second-order valence-corrected chi connectivity index (χ2v) is 6.29. The minimum absolute atomic E-state index is 0.169. The van der Waals surface area contributed by atoms with E-state index in [-0.39, 0.29) is 11.2 Å². The van der Waals surface area contributed by atoms with Crippen LogP contribution in [0, 0.1) is 0 Å². The number of carbonyl (C=O) groups excluding carboxylic acids is 1. The number of aryl methyl sites for hydroxylation is 1. The number of carbonyl (C=O) groups is 2. The quantitative estimate of drug-likeness (QED) is 0.883. The minimum atomic E-state index is -0.996. The standard InChI is InChI=1S/C14H15NO3S/c16-12(15-14(6-7-14)13(17)18)11-10-4-2-1-3-9(10)5-8-19-11/h1-4,11H,5-8H2,(H,15,16)(H,17,18)/t11-/m1/s1. The van der Waals surface area contributed by atoms with Gasteiger partial charge in [-0.2, -0.15) is 0 Å². The molecule has 1 saturated carbocycles. The van der Waals surface area contributed by atoms with Crippen molar-refractivity contribution in [3.8, 4) is 0 Å². The van der Waals surface area contributed by atoms with Crippen molar-refractivity contribution in [2.24, 2.45) is 0 Å². The zero-order valence-corrected chi connectivity index (χ0v) is 11.2. The summed E-state index contributed by atoms with van der Waals surface area (Å²) in [5.41, 5.74) is 1.23. The normalized spacial score (nSPS) is 23.3. The fourth-order valence-electron chi connectivity index (χ4n) is 2.43. The second-order valence-electron chi connectivity index (χ2n) is 5.08. The van der Waals surface area contributed by atoms with E-state index in [0.717, 1.165) is 17.7 Å². The van der Waals surface area contributed by atoms with Gasteiger partial charge in [-0.05, 0) is 36.1 Å². The highest BCUT2D eigenvalue weighted by molar-refractivity contribution is 8.00. The lowest BCUT2D eigenvalue weighted by molar-refractivity contribution is -0.143. The molecule has 2 N–H and O–H groups in total. The summed E-state index contributed by atoms with van der Waals surface area (Å²) in [4.78, 5) is 23.5. The largest absolute Gasteiger partial charge is 0.480 e. The highest BCUT2D eigenvalue weighted by atomic mass is 32.2. The van der Waals surface area contributed by atoms with E-state index in [0.29, 0.717) is 12.8 Å². The zero-order valence-electron chi connectivity index (χ0n) is 10.4. The molecule has 0 aromatic heterocycles. The molecule has 19 heavy (non-hydrogen) atoms. The maximum atomic E-state index is 12.3. The fourth-order valence-corrected chi connectivity index (χ4v) is 3.62. The SMILES string of the molecule is O=C(NC1(C(=O)O)CC1)[C@@H]1SCCc2ccccc21. The molecule has 1 atom stereocenters. The van der Waals surface area contributed by atoms with E-state index in [4.69, 9.17) is 5.11 Å². The number of carboxylic acid groups (broad SMARTS) is 1. The van der Waals surface area contributed by atoms with Gasteiger partial charge >= 0.3 is 5.97 Å². The molecule has 0 radical (unpaired) electrons. The van der Waals surface area contributed by atoms with E-state index in [1.54, 1.807) is 11.8 Å². The highest BCUT2D eigenvalue weighted by Crippen LogP contribution is 2.40. The van der Waals surface area contributed by atoms with E-state index in [9.17, 15) is 9.59 Å². The molecular formula is C14H15NO3S. The van der Waals surface area contributed by atoms with Crippen LogP contribution in [0.2, 0.25) is 0 Å². The van der Waals surface area contributed by atoms with Crippen molar-refractivity contribution in [2.75, 3.05) is 5.75 Å². The van der Waals surface area contributed by atoms with Crippen LogP contribution in [0.15, 0.2) is 24.3 Å². The average molecular weight is 277 g/mol. The molecule has 3 rings (SSSR count). The van der Waals surface area contributed by atoms with Gasteiger partial charge in [0.1, 0.15) is 10.8 Å². The smallest absolute Gasteiger partial charge is 0.329 e.